The van der Waals surface area contributed by atoms with Crippen molar-refractivity contribution < 1.29 is 13.8 Å². The number of halogens is 1. The number of nitrogens with one attached hydrogen (secondary N) is 3. The average molecular weight is 423 g/mol. The molecule has 4 heterocycles. The van der Waals surface area contributed by atoms with Crippen LogP contribution in [0.25, 0.3) is 11.5 Å². The van der Waals surface area contributed by atoms with E-state index < -0.39 is 6.08 Å². The number of aromatic nitrogens is 7. The summed E-state index contributed by atoms with van der Waals surface area (Å²) in [5, 5.41) is 17.1. The number of hydrogen-bond acceptors (Lipinski definition) is 7. The van der Waals surface area contributed by atoms with Gasteiger partial charge in [0.2, 0.25) is 5.82 Å². The molecule has 0 unspecified atom stereocenters. The molecule has 0 bridgehead atoms. The van der Waals surface area contributed by atoms with Gasteiger partial charge in [-0.1, -0.05) is 6.07 Å². The third kappa shape index (κ3) is 3.63. The molecule has 5 rings (SSSR count). The lowest BCUT2D eigenvalue weighted by atomic mass is 10.3. The number of pyridine rings is 1. The number of fused-ring (bicyclic) bond motifs is 1. The largest absolute Gasteiger partial charge is 0.426 e. The van der Waals surface area contributed by atoms with Crippen LogP contribution in [-0.4, -0.2) is 48.4 Å². The summed E-state index contributed by atoms with van der Waals surface area (Å²) in [7, 11) is 3.38. The van der Waals surface area contributed by atoms with E-state index in [1.54, 1.807) is 42.9 Å². The minimum absolute atomic E-state index is 0.201. The van der Waals surface area contributed by atoms with Gasteiger partial charge in [-0.25, -0.2) is 4.98 Å². The molecule has 0 atom stereocenters. The Bertz CT molecular complexity index is 1290. The Labute approximate surface area is 175 Å². The molecule has 0 aliphatic heterocycles. The Morgan fingerprint density at radius 1 is 1.26 bits per heavy atom. The molecule has 0 saturated heterocycles. The molecule has 12 heteroatoms. The normalized spacial score (nSPS) is 13.4. The Morgan fingerprint density at radius 2 is 2.10 bits per heavy atom. The van der Waals surface area contributed by atoms with Crippen LogP contribution < -0.4 is 20.5 Å². The number of amides is 1. The molecule has 31 heavy (non-hydrogen) atoms. The van der Waals surface area contributed by atoms with E-state index in [9.17, 15) is 9.18 Å². The monoisotopic (exact) mass is 423 g/mol. The molecule has 158 valence electrons. The van der Waals surface area contributed by atoms with Gasteiger partial charge in [-0.2, -0.15) is 14.2 Å². The fraction of sp³-hybridized carbons (Fsp3) is 0.263. The van der Waals surface area contributed by atoms with Crippen LogP contribution >= 0.6 is 0 Å². The third-order valence-corrected chi connectivity index (χ3v) is 4.84. The minimum Gasteiger partial charge on any atom is -0.373 e. The van der Waals surface area contributed by atoms with Crippen LogP contribution in [0.3, 0.4) is 0 Å². The van der Waals surface area contributed by atoms with Crippen molar-refractivity contribution in [3.05, 3.63) is 48.4 Å². The van der Waals surface area contributed by atoms with Gasteiger partial charge >= 0.3 is 6.08 Å². The summed E-state index contributed by atoms with van der Waals surface area (Å²) < 4.78 is 18.2. The lowest BCUT2D eigenvalue weighted by Crippen LogP contribution is -2.34. The van der Waals surface area contributed by atoms with Crippen molar-refractivity contribution in [1.82, 2.24) is 34.7 Å². The van der Waals surface area contributed by atoms with E-state index in [1.807, 2.05) is 0 Å². The maximum atomic E-state index is 14.0. The predicted molar refractivity (Wildman–Crippen MR) is 109 cm³/mol. The van der Waals surface area contributed by atoms with Gasteiger partial charge in [-0.15, -0.1) is 14.1 Å². The SMILES string of the molecule is CNc1cc(Nc2cccc(-[n+]3cn(C)nc3F)n2)nc2c(C(=O)NC3CC3)cnn12. The van der Waals surface area contributed by atoms with Crippen LogP contribution in [0.2, 0.25) is 0 Å². The Morgan fingerprint density at radius 3 is 2.81 bits per heavy atom. The second kappa shape index (κ2) is 7.31. The van der Waals surface area contributed by atoms with Gasteiger partial charge in [-0.3, -0.25) is 4.79 Å². The summed E-state index contributed by atoms with van der Waals surface area (Å²) in [6.07, 6.45) is 4.30. The molecule has 1 aliphatic rings. The zero-order valence-electron chi connectivity index (χ0n) is 16.9. The van der Waals surface area contributed by atoms with Gasteiger partial charge in [0.1, 0.15) is 17.2 Å². The average Bonchev–Trinajstić information content (AvgIpc) is 3.35. The quantitative estimate of drug-likeness (QED) is 0.395. The highest BCUT2D eigenvalue weighted by Gasteiger charge is 2.26. The first kappa shape index (κ1) is 18.9. The molecule has 0 aromatic carbocycles. The number of aryl methyl sites for hydroxylation is 1. The van der Waals surface area contributed by atoms with Crippen LogP contribution in [0.4, 0.5) is 21.8 Å². The number of rotatable bonds is 6. The first-order valence-electron chi connectivity index (χ1n) is 9.74. The van der Waals surface area contributed by atoms with Crippen LogP contribution in [0.15, 0.2) is 36.8 Å². The highest BCUT2D eigenvalue weighted by molar-refractivity contribution is 6.00. The topological polar surface area (TPSA) is 118 Å². The number of nitrogens with zero attached hydrogens (tertiary/aromatic N) is 7. The van der Waals surface area contributed by atoms with Gasteiger partial charge < -0.3 is 16.0 Å². The van der Waals surface area contributed by atoms with Crippen LogP contribution in [0.1, 0.15) is 23.2 Å². The third-order valence-electron chi connectivity index (χ3n) is 4.84. The van der Waals surface area contributed by atoms with E-state index in [0.717, 1.165) is 12.8 Å². The number of carbonyl (C=O) groups excluding carboxylic acids is 1. The Kier molecular flexibility index (Phi) is 4.46. The second-order valence-corrected chi connectivity index (χ2v) is 7.25. The molecule has 1 fully saturated rings. The van der Waals surface area contributed by atoms with Gasteiger partial charge in [0.25, 0.3) is 5.91 Å². The maximum Gasteiger partial charge on any atom is 0.426 e. The lowest BCUT2D eigenvalue weighted by molar-refractivity contribution is -0.632. The van der Waals surface area contributed by atoms with Crippen molar-refractivity contribution >= 4 is 29.0 Å². The van der Waals surface area contributed by atoms with Gasteiger partial charge in [-0.05, 0) is 18.9 Å². The highest BCUT2D eigenvalue weighted by atomic mass is 19.1. The number of carbonyl (C=O) groups is 1. The molecular weight excluding hydrogens is 403 g/mol. The van der Waals surface area contributed by atoms with E-state index in [1.165, 1.54) is 21.8 Å². The van der Waals surface area contributed by atoms with E-state index in [-0.39, 0.29) is 11.9 Å². The molecule has 4 aromatic heterocycles. The summed E-state index contributed by atoms with van der Waals surface area (Å²) in [4.78, 5) is 21.6. The molecule has 1 saturated carbocycles. The second-order valence-electron chi connectivity index (χ2n) is 7.25. The fourth-order valence-electron chi connectivity index (χ4n) is 3.19. The standard InChI is InChI=1S/C19H19FN10O/c1-21-16-8-14(26-17-12(9-22-30(16)17)18(31)23-11-6-7-11)24-13-4-3-5-15(25-13)29-10-28(2)27-19(29)20/h3-5,8-11H,6-7H2,1-2H3,(H2-,21,22,23,24,25,26,31)/p+1. The first-order chi connectivity index (χ1) is 15.0. The molecule has 1 amide bonds. The lowest BCUT2D eigenvalue weighted by Gasteiger charge is -2.09. The molecule has 1 aliphatic carbocycles. The number of anilines is 3. The van der Waals surface area contributed by atoms with E-state index >= 15 is 0 Å². The molecule has 3 N–H and O–H groups in total. The van der Waals surface area contributed by atoms with Crippen molar-refractivity contribution in [2.45, 2.75) is 18.9 Å². The van der Waals surface area contributed by atoms with Crippen molar-refractivity contribution in [2.24, 2.45) is 7.05 Å². The molecule has 0 radical (unpaired) electrons. The Balaban J connectivity index is 1.49. The minimum atomic E-state index is -0.672. The number of hydrogen-bond donors (Lipinski definition) is 3. The zero-order valence-corrected chi connectivity index (χ0v) is 16.9. The highest BCUT2D eigenvalue weighted by Crippen LogP contribution is 2.23. The summed E-state index contributed by atoms with van der Waals surface area (Å²) in [5.74, 6) is 1.71. The van der Waals surface area contributed by atoms with Crippen LogP contribution in [0.5, 0.6) is 0 Å². The van der Waals surface area contributed by atoms with Gasteiger partial charge in [0, 0.05) is 30.3 Å². The predicted octanol–water partition coefficient (Wildman–Crippen LogP) is 0.951. The van der Waals surface area contributed by atoms with E-state index in [4.69, 9.17) is 0 Å². The van der Waals surface area contributed by atoms with Crippen molar-refractivity contribution in [2.75, 3.05) is 17.7 Å². The first-order valence-corrected chi connectivity index (χ1v) is 9.74. The van der Waals surface area contributed by atoms with Crippen molar-refractivity contribution in [3.8, 4) is 5.82 Å². The van der Waals surface area contributed by atoms with E-state index in [2.05, 4.69) is 36.1 Å². The van der Waals surface area contributed by atoms with Gasteiger partial charge in [0.15, 0.2) is 17.8 Å². The van der Waals surface area contributed by atoms with Crippen molar-refractivity contribution in [3.63, 3.8) is 0 Å². The smallest absolute Gasteiger partial charge is 0.373 e. The zero-order chi connectivity index (χ0) is 21.5. The summed E-state index contributed by atoms with van der Waals surface area (Å²) in [5.41, 5.74) is 0.804. The molecular formula is C19H20FN10O+. The molecule has 0 spiro atoms. The molecule has 11 nitrogen and oxygen atoms in total. The molecule has 4 aromatic rings. The van der Waals surface area contributed by atoms with Crippen LogP contribution in [0, 0.1) is 6.08 Å². The van der Waals surface area contributed by atoms with Crippen molar-refractivity contribution in [1.29, 1.82) is 0 Å². The van der Waals surface area contributed by atoms with Crippen LogP contribution in [-0.2, 0) is 7.05 Å². The van der Waals surface area contributed by atoms with Gasteiger partial charge in [0.05, 0.1) is 13.2 Å². The van der Waals surface area contributed by atoms with E-state index in [0.29, 0.717) is 34.5 Å². The summed E-state index contributed by atoms with van der Waals surface area (Å²) in [6.45, 7) is 0. The summed E-state index contributed by atoms with van der Waals surface area (Å²) >= 11 is 0. The summed E-state index contributed by atoms with van der Waals surface area (Å²) in [6, 6.07) is 7.12. The maximum absolute atomic E-state index is 14.0. The Hall–Kier alpha value is -4.09. The fourth-order valence-corrected chi connectivity index (χ4v) is 3.19.